The first kappa shape index (κ1) is 19.8. The normalized spacial score (nSPS) is 18.5. The van der Waals surface area contributed by atoms with E-state index in [1.807, 2.05) is 13.1 Å². The van der Waals surface area contributed by atoms with Gasteiger partial charge < -0.3 is 14.7 Å². The number of piperazine rings is 1. The van der Waals surface area contributed by atoms with Crippen molar-refractivity contribution < 1.29 is 4.52 Å². The first-order valence-corrected chi connectivity index (χ1v) is 8.64. The molecule has 25 heavy (non-hydrogen) atoms. The summed E-state index contributed by atoms with van der Waals surface area (Å²) in [7, 11) is 4.11. The smallest absolute Gasteiger partial charge is 0.248 e. The van der Waals surface area contributed by atoms with E-state index in [1.54, 1.807) is 0 Å². The van der Waals surface area contributed by atoms with Gasteiger partial charge in [-0.2, -0.15) is 4.98 Å². The highest BCUT2D eigenvalue weighted by Gasteiger charge is 2.29. The predicted octanol–water partition coefficient (Wildman–Crippen LogP) is 1.98. The molecular formula is C18H28ClN5O. The Kier molecular flexibility index (Phi) is 7.38. The average Bonchev–Trinajstić information content (AvgIpc) is 3.05. The van der Waals surface area contributed by atoms with Crippen molar-refractivity contribution in [3.63, 3.8) is 0 Å². The first-order chi connectivity index (χ1) is 11.7. The molecule has 0 radical (unpaired) electrons. The Morgan fingerprint density at radius 1 is 1.16 bits per heavy atom. The van der Waals surface area contributed by atoms with Crippen LogP contribution in [0.1, 0.15) is 30.2 Å². The fourth-order valence-electron chi connectivity index (χ4n) is 3.06. The SMILES string of the molecule is CNC(C)Cc1noc(C(c2ccccc2)N2CCN(C)CC2)n1.Cl. The van der Waals surface area contributed by atoms with Gasteiger partial charge in [-0.05, 0) is 26.6 Å². The Morgan fingerprint density at radius 2 is 1.84 bits per heavy atom. The van der Waals surface area contributed by atoms with Gasteiger partial charge in [-0.1, -0.05) is 35.5 Å². The second kappa shape index (κ2) is 9.29. The molecule has 1 N–H and O–H groups in total. The van der Waals surface area contributed by atoms with E-state index < -0.39 is 0 Å². The third-order valence-electron chi connectivity index (χ3n) is 4.72. The van der Waals surface area contributed by atoms with Gasteiger partial charge in [-0.3, -0.25) is 4.90 Å². The van der Waals surface area contributed by atoms with Crippen molar-refractivity contribution in [1.82, 2.24) is 25.3 Å². The molecule has 7 heteroatoms. The van der Waals surface area contributed by atoms with Crippen LogP contribution in [0, 0.1) is 0 Å². The van der Waals surface area contributed by atoms with E-state index in [0.29, 0.717) is 11.9 Å². The summed E-state index contributed by atoms with van der Waals surface area (Å²) in [5.74, 6) is 1.46. The monoisotopic (exact) mass is 365 g/mol. The fourth-order valence-corrected chi connectivity index (χ4v) is 3.06. The summed E-state index contributed by atoms with van der Waals surface area (Å²) in [5.41, 5.74) is 1.21. The summed E-state index contributed by atoms with van der Waals surface area (Å²) < 4.78 is 5.66. The van der Waals surface area contributed by atoms with Crippen molar-refractivity contribution in [1.29, 1.82) is 0 Å². The summed E-state index contributed by atoms with van der Waals surface area (Å²) in [6.07, 6.45) is 0.768. The Balaban J connectivity index is 0.00000225. The Bertz CT molecular complexity index is 627. The van der Waals surface area contributed by atoms with Crippen LogP contribution in [-0.2, 0) is 6.42 Å². The van der Waals surface area contributed by atoms with E-state index in [4.69, 9.17) is 9.51 Å². The fraction of sp³-hybridized carbons (Fsp3) is 0.556. The summed E-state index contributed by atoms with van der Waals surface area (Å²) in [6.45, 7) is 6.23. The van der Waals surface area contributed by atoms with E-state index in [1.165, 1.54) is 5.56 Å². The van der Waals surface area contributed by atoms with Crippen LogP contribution >= 0.6 is 12.4 Å². The minimum Gasteiger partial charge on any atom is -0.337 e. The van der Waals surface area contributed by atoms with Crippen LogP contribution in [0.4, 0.5) is 0 Å². The van der Waals surface area contributed by atoms with Gasteiger partial charge in [0.15, 0.2) is 5.82 Å². The number of halogens is 1. The molecule has 2 aromatic rings. The third kappa shape index (κ3) is 5.01. The van der Waals surface area contributed by atoms with Crippen LogP contribution in [0.15, 0.2) is 34.9 Å². The van der Waals surface area contributed by atoms with Crippen LogP contribution in [-0.4, -0.2) is 66.3 Å². The number of hydrogen-bond acceptors (Lipinski definition) is 6. The highest BCUT2D eigenvalue weighted by atomic mass is 35.5. The van der Waals surface area contributed by atoms with Crippen molar-refractivity contribution in [3.8, 4) is 0 Å². The van der Waals surface area contributed by atoms with E-state index in [2.05, 4.69) is 58.5 Å². The molecule has 138 valence electrons. The number of aromatic nitrogens is 2. The van der Waals surface area contributed by atoms with Crippen molar-refractivity contribution in [2.24, 2.45) is 0 Å². The molecule has 1 aliphatic heterocycles. The second-order valence-electron chi connectivity index (χ2n) is 6.60. The van der Waals surface area contributed by atoms with Gasteiger partial charge in [-0.25, -0.2) is 0 Å². The average molecular weight is 366 g/mol. The number of benzene rings is 1. The van der Waals surface area contributed by atoms with Gasteiger partial charge in [0.2, 0.25) is 5.89 Å². The van der Waals surface area contributed by atoms with Gasteiger partial charge in [0.1, 0.15) is 6.04 Å². The standard InChI is InChI=1S/C18H27N5O.ClH/c1-14(19-2)13-16-20-18(24-21-16)17(15-7-5-4-6-8-15)23-11-9-22(3)10-12-23;/h4-8,14,17,19H,9-13H2,1-3H3;1H. The second-order valence-corrected chi connectivity index (χ2v) is 6.60. The van der Waals surface area contributed by atoms with Crippen molar-refractivity contribution in [3.05, 3.63) is 47.6 Å². The Hall–Kier alpha value is -1.47. The van der Waals surface area contributed by atoms with Crippen LogP contribution in [0.2, 0.25) is 0 Å². The zero-order chi connectivity index (χ0) is 16.9. The van der Waals surface area contributed by atoms with E-state index in [-0.39, 0.29) is 18.4 Å². The lowest BCUT2D eigenvalue weighted by molar-refractivity contribution is 0.111. The number of nitrogens with zero attached hydrogens (tertiary/aromatic N) is 4. The number of likely N-dealkylation sites (N-methyl/N-ethyl adjacent to an activating group) is 2. The maximum Gasteiger partial charge on any atom is 0.248 e. The summed E-state index contributed by atoms with van der Waals surface area (Å²) in [6, 6.07) is 10.8. The van der Waals surface area contributed by atoms with Crippen molar-refractivity contribution in [2.75, 3.05) is 40.3 Å². The highest BCUT2D eigenvalue weighted by Crippen LogP contribution is 2.28. The molecule has 2 atom stereocenters. The zero-order valence-electron chi connectivity index (χ0n) is 15.2. The molecule has 3 rings (SSSR count). The molecule has 2 unspecified atom stereocenters. The Labute approximate surface area is 156 Å². The molecule has 0 spiro atoms. The summed E-state index contributed by atoms with van der Waals surface area (Å²) >= 11 is 0. The number of nitrogens with one attached hydrogen (secondary N) is 1. The van der Waals surface area contributed by atoms with Crippen molar-refractivity contribution >= 4 is 12.4 Å². The summed E-state index contributed by atoms with van der Waals surface area (Å²) in [4.78, 5) is 9.49. The molecule has 0 bridgehead atoms. The Morgan fingerprint density at radius 3 is 2.48 bits per heavy atom. The molecule has 1 saturated heterocycles. The van der Waals surface area contributed by atoms with Crippen LogP contribution in [0.3, 0.4) is 0 Å². The minimum absolute atomic E-state index is 0. The molecule has 0 amide bonds. The molecule has 0 aliphatic carbocycles. The zero-order valence-corrected chi connectivity index (χ0v) is 16.0. The van der Waals surface area contributed by atoms with Gasteiger partial charge in [0.05, 0.1) is 0 Å². The molecule has 6 nitrogen and oxygen atoms in total. The number of hydrogen-bond donors (Lipinski definition) is 1. The van der Waals surface area contributed by atoms with E-state index >= 15 is 0 Å². The van der Waals surface area contributed by atoms with Gasteiger partial charge in [0.25, 0.3) is 0 Å². The first-order valence-electron chi connectivity index (χ1n) is 8.64. The molecule has 1 aromatic carbocycles. The van der Waals surface area contributed by atoms with E-state index in [0.717, 1.165) is 38.4 Å². The molecule has 1 aliphatic rings. The molecule has 1 fully saturated rings. The van der Waals surface area contributed by atoms with Crippen molar-refractivity contribution in [2.45, 2.75) is 25.4 Å². The minimum atomic E-state index is 0. The lowest BCUT2D eigenvalue weighted by atomic mass is 10.0. The van der Waals surface area contributed by atoms with Crippen LogP contribution in [0.5, 0.6) is 0 Å². The van der Waals surface area contributed by atoms with E-state index in [9.17, 15) is 0 Å². The molecular weight excluding hydrogens is 338 g/mol. The lowest BCUT2D eigenvalue weighted by Crippen LogP contribution is -2.46. The quantitative estimate of drug-likeness (QED) is 0.844. The number of rotatable bonds is 6. The topological polar surface area (TPSA) is 57.4 Å². The molecule has 1 aromatic heterocycles. The highest BCUT2D eigenvalue weighted by molar-refractivity contribution is 5.85. The van der Waals surface area contributed by atoms with Crippen LogP contribution in [0.25, 0.3) is 0 Å². The maximum atomic E-state index is 5.66. The summed E-state index contributed by atoms with van der Waals surface area (Å²) in [5, 5.41) is 7.41. The lowest BCUT2D eigenvalue weighted by Gasteiger charge is -2.36. The maximum absolute atomic E-state index is 5.66. The largest absolute Gasteiger partial charge is 0.337 e. The third-order valence-corrected chi connectivity index (χ3v) is 4.72. The molecule has 2 heterocycles. The van der Waals surface area contributed by atoms with Gasteiger partial charge >= 0.3 is 0 Å². The van der Waals surface area contributed by atoms with Gasteiger partial charge in [0, 0.05) is 38.6 Å². The predicted molar refractivity (Wildman–Crippen MR) is 101 cm³/mol. The molecule has 0 saturated carbocycles. The van der Waals surface area contributed by atoms with Gasteiger partial charge in [-0.15, -0.1) is 12.4 Å². The van der Waals surface area contributed by atoms with Crippen LogP contribution < -0.4 is 5.32 Å².